The van der Waals surface area contributed by atoms with Gasteiger partial charge in [-0.15, -0.1) is 0 Å². The van der Waals surface area contributed by atoms with Crippen molar-refractivity contribution in [1.29, 1.82) is 0 Å². The summed E-state index contributed by atoms with van der Waals surface area (Å²) in [5.41, 5.74) is -0.361. The summed E-state index contributed by atoms with van der Waals surface area (Å²) in [6.07, 6.45) is 6.01. The van der Waals surface area contributed by atoms with Gasteiger partial charge in [-0.1, -0.05) is 37.5 Å². The van der Waals surface area contributed by atoms with Crippen LogP contribution in [0.2, 0.25) is 0 Å². The fraction of sp³-hybridized carbons (Fsp3) is 0.640. The maximum absolute atomic E-state index is 13.7. The molecular weight excluding hydrogens is 422 g/mol. The molecule has 1 aromatic rings. The summed E-state index contributed by atoms with van der Waals surface area (Å²) in [7, 11) is 0. The molecule has 8 heteroatoms. The van der Waals surface area contributed by atoms with Gasteiger partial charge in [0.1, 0.15) is 11.6 Å². The van der Waals surface area contributed by atoms with Crippen LogP contribution in [0.25, 0.3) is 0 Å². The van der Waals surface area contributed by atoms with Gasteiger partial charge in [0.15, 0.2) is 0 Å². The quantitative estimate of drug-likeness (QED) is 0.607. The molecule has 3 amide bonds. The number of likely N-dealkylation sites (tertiary alicyclic amines) is 1. The molecule has 6 atom stereocenters. The van der Waals surface area contributed by atoms with Gasteiger partial charge in [-0.05, 0) is 44.7 Å². The molecule has 0 radical (unpaired) electrons. The Morgan fingerprint density at radius 3 is 2.58 bits per heavy atom. The van der Waals surface area contributed by atoms with E-state index in [9.17, 15) is 19.5 Å². The van der Waals surface area contributed by atoms with Gasteiger partial charge >= 0.3 is 0 Å². The Bertz CT molecular complexity index is 918. The smallest absolute Gasteiger partial charge is 0.246 e. The summed E-state index contributed by atoms with van der Waals surface area (Å²) >= 11 is 0. The average molecular weight is 456 g/mol. The van der Waals surface area contributed by atoms with Crippen molar-refractivity contribution in [3.05, 3.63) is 30.3 Å². The van der Waals surface area contributed by atoms with E-state index in [2.05, 4.69) is 10.6 Å². The predicted molar refractivity (Wildman–Crippen MR) is 121 cm³/mol. The summed E-state index contributed by atoms with van der Waals surface area (Å²) < 4.78 is 6.41. The minimum Gasteiger partial charge on any atom is -0.394 e. The number of anilines is 1. The number of para-hydroxylation sites is 1. The van der Waals surface area contributed by atoms with Crippen LogP contribution in [0.1, 0.15) is 51.9 Å². The van der Waals surface area contributed by atoms with Crippen LogP contribution in [0.15, 0.2) is 30.3 Å². The third kappa shape index (κ3) is 3.64. The number of hydrogen-bond donors (Lipinski definition) is 3. The molecule has 0 aromatic heterocycles. The normalized spacial score (nSPS) is 34.2. The SMILES string of the molecule is C[C@H](CO)N1C(=O)[C@@H]2[C@@H](C(=O)Nc3ccccc3)[C@H]3CCC2(O3)C1C(=O)NC1CCCCC1. The lowest BCUT2D eigenvalue weighted by atomic mass is 9.70. The summed E-state index contributed by atoms with van der Waals surface area (Å²) in [6, 6.07) is 7.88. The topological polar surface area (TPSA) is 108 Å². The number of carbonyl (C=O) groups excluding carboxylic acids is 3. The van der Waals surface area contributed by atoms with E-state index in [0.29, 0.717) is 18.5 Å². The van der Waals surface area contributed by atoms with Gasteiger partial charge < -0.3 is 25.4 Å². The first-order valence-electron chi connectivity index (χ1n) is 12.2. The molecule has 4 aliphatic rings. The Morgan fingerprint density at radius 2 is 1.88 bits per heavy atom. The molecule has 1 saturated carbocycles. The van der Waals surface area contributed by atoms with Crippen molar-refractivity contribution in [2.75, 3.05) is 11.9 Å². The van der Waals surface area contributed by atoms with Gasteiger partial charge in [0.2, 0.25) is 17.7 Å². The fourth-order valence-corrected chi connectivity index (χ4v) is 6.53. The van der Waals surface area contributed by atoms with Crippen molar-refractivity contribution in [1.82, 2.24) is 10.2 Å². The first-order chi connectivity index (χ1) is 16.0. The zero-order valence-corrected chi connectivity index (χ0v) is 19.0. The molecule has 3 saturated heterocycles. The number of aliphatic hydroxyl groups is 1. The summed E-state index contributed by atoms with van der Waals surface area (Å²) in [6.45, 7) is 1.48. The Labute approximate surface area is 194 Å². The van der Waals surface area contributed by atoms with Gasteiger partial charge in [0, 0.05) is 11.7 Å². The molecule has 2 bridgehead atoms. The molecule has 3 aliphatic heterocycles. The van der Waals surface area contributed by atoms with Gasteiger partial charge in [-0.25, -0.2) is 0 Å². The fourth-order valence-electron chi connectivity index (χ4n) is 6.53. The van der Waals surface area contributed by atoms with E-state index >= 15 is 0 Å². The second kappa shape index (κ2) is 8.72. The monoisotopic (exact) mass is 455 g/mol. The number of fused-ring (bicyclic) bond motifs is 1. The Morgan fingerprint density at radius 1 is 1.15 bits per heavy atom. The third-order valence-corrected chi connectivity index (χ3v) is 8.02. The highest BCUT2D eigenvalue weighted by atomic mass is 16.5. The molecule has 3 N–H and O–H groups in total. The minimum atomic E-state index is -1.03. The van der Waals surface area contributed by atoms with Crippen molar-refractivity contribution in [3.8, 4) is 0 Å². The largest absolute Gasteiger partial charge is 0.394 e. The predicted octanol–water partition coefficient (Wildman–Crippen LogP) is 1.83. The number of aliphatic hydroxyl groups excluding tert-OH is 1. The second-order valence-electron chi connectivity index (χ2n) is 10.0. The number of carbonyl (C=O) groups is 3. The van der Waals surface area contributed by atoms with Crippen LogP contribution in [0.5, 0.6) is 0 Å². The lowest BCUT2D eigenvalue weighted by molar-refractivity contribution is -0.145. The number of rotatable bonds is 6. The van der Waals surface area contributed by atoms with Crippen LogP contribution >= 0.6 is 0 Å². The van der Waals surface area contributed by atoms with Crippen molar-refractivity contribution in [2.45, 2.75) is 81.7 Å². The van der Waals surface area contributed by atoms with Crippen LogP contribution in [0.4, 0.5) is 5.69 Å². The summed E-state index contributed by atoms with van der Waals surface area (Å²) in [5, 5.41) is 16.0. The van der Waals surface area contributed by atoms with Gasteiger partial charge in [0.25, 0.3) is 0 Å². The maximum Gasteiger partial charge on any atom is 0.246 e. The van der Waals surface area contributed by atoms with Crippen LogP contribution in [-0.2, 0) is 19.1 Å². The first-order valence-corrected chi connectivity index (χ1v) is 12.2. The molecule has 5 rings (SSSR count). The van der Waals surface area contributed by atoms with Crippen LogP contribution in [0.3, 0.4) is 0 Å². The molecule has 4 fully saturated rings. The van der Waals surface area contributed by atoms with E-state index < -0.39 is 29.5 Å². The van der Waals surface area contributed by atoms with Crippen molar-refractivity contribution >= 4 is 23.4 Å². The zero-order chi connectivity index (χ0) is 23.2. The standard InChI is InChI=1S/C25H33N3O5/c1-15(14-29)28-21(23(31)27-17-10-6-3-7-11-17)25-13-12-18(33-25)19(20(25)24(28)32)22(30)26-16-8-4-2-5-9-16/h2,4-5,8-9,15,17-21,29H,3,6-7,10-14H2,1H3,(H,26,30)(H,27,31)/t15-,18-,19+,20+,21?,25?/m1/s1. The Hall–Kier alpha value is -2.45. The van der Waals surface area contributed by atoms with Gasteiger partial charge in [-0.2, -0.15) is 0 Å². The van der Waals surface area contributed by atoms with Crippen LogP contribution in [0, 0.1) is 11.8 Å². The van der Waals surface area contributed by atoms with E-state index in [-0.39, 0.29) is 36.5 Å². The van der Waals surface area contributed by atoms with Crippen molar-refractivity contribution in [3.63, 3.8) is 0 Å². The summed E-state index contributed by atoms with van der Waals surface area (Å²) in [4.78, 5) is 42.1. The number of hydrogen-bond acceptors (Lipinski definition) is 5. The molecule has 2 unspecified atom stereocenters. The lowest BCUT2D eigenvalue weighted by Crippen LogP contribution is -2.59. The highest BCUT2D eigenvalue weighted by molar-refractivity contribution is 6.02. The molecule has 33 heavy (non-hydrogen) atoms. The second-order valence-corrected chi connectivity index (χ2v) is 10.0. The van der Waals surface area contributed by atoms with E-state index in [1.165, 1.54) is 11.3 Å². The van der Waals surface area contributed by atoms with Gasteiger partial charge in [-0.3, -0.25) is 14.4 Å². The molecule has 1 aliphatic carbocycles. The maximum atomic E-state index is 13.7. The molecule has 178 valence electrons. The molecule has 1 spiro atoms. The van der Waals surface area contributed by atoms with Crippen LogP contribution in [-0.4, -0.2) is 64.2 Å². The number of nitrogens with zero attached hydrogens (tertiary/aromatic N) is 1. The molecule has 8 nitrogen and oxygen atoms in total. The van der Waals surface area contributed by atoms with Crippen LogP contribution < -0.4 is 10.6 Å². The Kier molecular flexibility index (Phi) is 5.91. The number of ether oxygens (including phenoxy) is 1. The van der Waals surface area contributed by atoms with Crippen molar-refractivity contribution in [2.24, 2.45) is 11.8 Å². The summed E-state index contributed by atoms with van der Waals surface area (Å²) in [5.74, 6) is -2.13. The number of nitrogens with one attached hydrogen (secondary N) is 2. The Balaban J connectivity index is 1.44. The first kappa shape index (κ1) is 22.3. The van der Waals surface area contributed by atoms with Gasteiger partial charge in [0.05, 0.1) is 30.6 Å². The number of benzene rings is 1. The molecule has 1 aromatic carbocycles. The molecule has 3 heterocycles. The lowest BCUT2D eigenvalue weighted by Gasteiger charge is -2.37. The van der Waals surface area contributed by atoms with E-state index in [0.717, 1.165) is 25.7 Å². The highest BCUT2D eigenvalue weighted by Gasteiger charge is 2.74. The van der Waals surface area contributed by atoms with E-state index in [1.54, 1.807) is 19.1 Å². The highest BCUT2D eigenvalue weighted by Crippen LogP contribution is 2.58. The van der Waals surface area contributed by atoms with Crippen molar-refractivity contribution < 1.29 is 24.2 Å². The zero-order valence-electron chi connectivity index (χ0n) is 19.0. The third-order valence-electron chi connectivity index (χ3n) is 8.02. The van der Waals surface area contributed by atoms with E-state index in [1.807, 2.05) is 18.2 Å². The van der Waals surface area contributed by atoms with E-state index in [4.69, 9.17) is 4.74 Å². The minimum absolute atomic E-state index is 0.0962. The molecular formula is C25H33N3O5. The number of amides is 3. The average Bonchev–Trinajstić information content (AvgIpc) is 3.47.